The molecule has 6 aromatic rings. The molecular weight excluding hydrogens is 671 g/mol. The largest absolute Gasteiger partial charge is 1.00 e. The van der Waals surface area contributed by atoms with E-state index in [0.717, 1.165) is 5.92 Å². The Morgan fingerprint density at radius 1 is 0.636 bits per heavy atom. The van der Waals surface area contributed by atoms with E-state index >= 15 is 0 Å². The first-order valence-corrected chi connectivity index (χ1v) is 21.6. The van der Waals surface area contributed by atoms with Crippen molar-refractivity contribution in [2.45, 2.75) is 65.0 Å². The summed E-state index contributed by atoms with van der Waals surface area (Å²) in [6.45, 7) is 8.96. The van der Waals surface area contributed by atoms with Crippen LogP contribution >= 0.6 is 0 Å². The average Bonchev–Trinajstić information content (AvgIpc) is 3.63. The number of halogens is 2. The molecule has 4 heteroatoms. The standard InChI is InChI=1S/C21H21.C17H15.C2H6Si.2ClH.Zr/c1-3-8-16(9-4-1)19-14-18-12-7-13-20(21(18)15-19)17-10-5-2-6-11-17;1-12-10-16-13(2)8-9-15(17(16)11-12)14-6-4-3-5-7-14;1-3-2;;;/h2,5-7,10-16H,1,3-4,8-9H2;3-11H,1-2H3;1-2H3;2*1H;/q2*-1;;;;+2/p-2. The van der Waals surface area contributed by atoms with E-state index in [2.05, 4.69) is 142 Å². The fourth-order valence-corrected chi connectivity index (χ4v) is 6.26. The maximum atomic E-state index is 2.45. The quantitative estimate of drug-likeness (QED) is 0.158. The summed E-state index contributed by atoms with van der Waals surface area (Å²) >= 11 is 1.74. The van der Waals surface area contributed by atoms with Crippen LogP contribution in [0.25, 0.3) is 43.8 Å². The minimum absolute atomic E-state index is 0. The van der Waals surface area contributed by atoms with Gasteiger partial charge < -0.3 is 24.8 Å². The van der Waals surface area contributed by atoms with Crippen LogP contribution in [0.2, 0.25) is 13.1 Å². The molecule has 0 nitrogen and oxygen atoms in total. The summed E-state index contributed by atoms with van der Waals surface area (Å²) in [5.41, 5.74) is 9.79. The van der Waals surface area contributed by atoms with Crippen molar-refractivity contribution in [2.24, 2.45) is 0 Å². The zero-order valence-electron chi connectivity index (χ0n) is 26.3. The average molecular weight is 713 g/mol. The maximum absolute atomic E-state index is 2.45. The van der Waals surface area contributed by atoms with Crippen molar-refractivity contribution in [1.29, 1.82) is 0 Å². The van der Waals surface area contributed by atoms with Crippen molar-refractivity contribution in [3.8, 4) is 22.3 Å². The summed E-state index contributed by atoms with van der Waals surface area (Å²) in [6, 6.07) is 41.9. The molecule has 1 aliphatic carbocycles. The Hall–Kier alpha value is -2.22. The molecule has 0 aliphatic heterocycles. The monoisotopic (exact) mass is 710 g/mol. The molecule has 0 N–H and O–H groups in total. The molecule has 0 heterocycles. The van der Waals surface area contributed by atoms with Crippen molar-refractivity contribution >= 4 is 27.0 Å². The van der Waals surface area contributed by atoms with Gasteiger partial charge in [-0.1, -0.05) is 117 Å². The fourth-order valence-electron chi connectivity index (χ4n) is 6.26. The van der Waals surface area contributed by atoms with Gasteiger partial charge in [-0.3, -0.25) is 0 Å². The Labute approximate surface area is 292 Å². The number of benzene rings is 4. The zero-order valence-corrected chi connectivity index (χ0v) is 31.3. The molecule has 0 unspecified atom stereocenters. The molecule has 0 radical (unpaired) electrons. The Kier molecular flexibility index (Phi) is 14.4. The van der Waals surface area contributed by atoms with Gasteiger partial charge in [-0.2, -0.15) is 12.1 Å². The number of hydrogen-bond donors (Lipinski definition) is 0. The van der Waals surface area contributed by atoms with Crippen molar-refractivity contribution in [2.75, 3.05) is 0 Å². The molecule has 0 amide bonds. The Bertz CT molecular complexity index is 1760. The molecule has 0 saturated heterocycles. The summed E-state index contributed by atoms with van der Waals surface area (Å²) in [4.78, 5) is 0. The summed E-state index contributed by atoms with van der Waals surface area (Å²) < 4.78 is 0. The van der Waals surface area contributed by atoms with Crippen LogP contribution in [0.15, 0.2) is 115 Å². The van der Waals surface area contributed by atoms with Gasteiger partial charge in [-0.05, 0) is 29.9 Å². The molecule has 0 atom stereocenters. The fraction of sp³-hybridized carbons (Fsp3) is 0.250. The topological polar surface area (TPSA) is 0 Å². The Morgan fingerprint density at radius 2 is 1.20 bits per heavy atom. The molecule has 7 rings (SSSR count). The Morgan fingerprint density at radius 3 is 1.80 bits per heavy atom. The van der Waals surface area contributed by atoms with Gasteiger partial charge in [0.1, 0.15) is 0 Å². The van der Waals surface area contributed by atoms with E-state index in [-0.39, 0.29) is 30.2 Å². The summed E-state index contributed by atoms with van der Waals surface area (Å²) in [5, 5.41) is 5.57. The molecule has 0 bridgehead atoms. The second-order valence-electron chi connectivity index (χ2n) is 12.0. The summed E-state index contributed by atoms with van der Waals surface area (Å²) in [5.74, 6) is 0.787. The first kappa shape index (κ1) is 36.3. The molecule has 226 valence electrons. The maximum Gasteiger partial charge on any atom is -0.0279 e. The third-order valence-electron chi connectivity index (χ3n) is 8.27. The van der Waals surface area contributed by atoms with E-state index in [1.165, 1.54) is 87.0 Å². The van der Waals surface area contributed by atoms with E-state index in [1.54, 1.807) is 28.9 Å². The van der Waals surface area contributed by atoms with Crippen LogP contribution in [-0.4, -0.2) is 5.43 Å². The van der Waals surface area contributed by atoms with Gasteiger partial charge in [0.05, 0.1) is 0 Å². The number of fused-ring (bicyclic) bond motifs is 2. The van der Waals surface area contributed by atoms with E-state index in [4.69, 9.17) is 0 Å². The van der Waals surface area contributed by atoms with Crippen LogP contribution in [0.1, 0.15) is 54.7 Å². The second kappa shape index (κ2) is 17.5. The third-order valence-corrected chi connectivity index (χ3v) is 8.27. The van der Waals surface area contributed by atoms with Crippen molar-refractivity contribution < 1.29 is 48.1 Å². The minimum atomic E-state index is 0. The van der Waals surface area contributed by atoms with Gasteiger partial charge in [0.15, 0.2) is 0 Å². The zero-order chi connectivity index (χ0) is 29.5. The van der Waals surface area contributed by atoms with Crippen molar-refractivity contribution in [3.63, 3.8) is 0 Å². The third kappa shape index (κ3) is 9.17. The first-order valence-electron chi connectivity index (χ1n) is 15.4. The van der Waals surface area contributed by atoms with Gasteiger partial charge in [-0.25, -0.2) is 0 Å². The number of aryl methyl sites for hydroxylation is 2. The predicted molar refractivity (Wildman–Crippen MR) is 183 cm³/mol. The van der Waals surface area contributed by atoms with E-state index in [1.807, 2.05) is 0 Å². The van der Waals surface area contributed by atoms with Crippen LogP contribution in [0, 0.1) is 13.8 Å². The predicted octanol–water partition coefficient (Wildman–Crippen LogP) is 5.91. The molecular formula is C40H42Cl2SiZr-2. The SMILES string of the molecule is C[Si](C)=[Zr+2].Cc1cc2c(-c3ccccc3)ccc(C)c2[cH-]1.[Cl-].[Cl-].c1ccc(-c2cccc3[cH-]c(C4CCCCC4)cc23)cc1. The normalized spacial score (nSPS) is 12.7. The number of hydrogen-bond acceptors (Lipinski definition) is 0. The molecule has 1 saturated carbocycles. The first-order chi connectivity index (χ1) is 20.4. The van der Waals surface area contributed by atoms with Crippen LogP contribution in [-0.2, 0) is 23.3 Å². The van der Waals surface area contributed by atoms with Gasteiger partial charge >= 0.3 is 41.9 Å². The molecule has 1 aliphatic rings. The van der Waals surface area contributed by atoms with Gasteiger partial charge in [-0.15, -0.1) is 68.6 Å². The van der Waals surface area contributed by atoms with Gasteiger partial charge in [0.25, 0.3) is 0 Å². The van der Waals surface area contributed by atoms with Crippen LogP contribution < -0.4 is 24.8 Å². The van der Waals surface area contributed by atoms with E-state index in [0.29, 0.717) is 0 Å². The summed E-state index contributed by atoms with van der Waals surface area (Å²) in [6.07, 6.45) is 6.97. The summed E-state index contributed by atoms with van der Waals surface area (Å²) in [7, 11) is 0. The van der Waals surface area contributed by atoms with Gasteiger partial charge in [0, 0.05) is 0 Å². The number of rotatable bonds is 3. The molecule has 44 heavy (non-hydrogen) atoms. The molecule has 0 spiro atoms. The smallest absolute Gasteiger partial charge is 0.0279 e. The van der Waals surface area contributed by atoms with E-state index in [9.17, 15) is 0 Å². The molecule has 6 aromatic carbocycles. The minimum Gasteiger partial charge on any atom is -1.00 e. The molecule has 0 aromatic heterocycles. The van der Waals surface area contributed by atoms with Crippen molar-refractivity contribution in [3.05, 3.63) is 132 Å². The molecule has 1 fully saturated rings. The Balaban J connectivity index is 0.000000210. The van der Waals surface area contributed by atoms with Crippen molar-refractivity contribution in [1.82, 2.24) is 0 Å². The van der Waals surface area contributed by atoms with E-state index < -0.39 is 0 Å². The van der Waals surface area contributed by atoms with Crippen LogP contribution in [0.5, 0.6) is 0 Å². The van der Waals surface area contributed by atoms with Crippen LogP contribution in [0.3, 0.4) is 0 Å². The second-order valence-corrected chi connectivity index (χ2v) is 21.3. The van der Waals surface area contributed by atoms with Crippen LogP contribution in [0.4, 0.5) is 0 Å². The van der Waals surface area contributed by atoms with Gasteiger partial charge in [0.2, 0.25) is 0 Å².